The van der Waals surface area contributed by atoms with Crippen molar-refractivity contribution in [3.63, 3.8) is 0 Å². The molecule has 1 unspecified atom stereocenters. The molecular weight excluding hydrogens is 388 g/mol. The first-order valence-electron chi connectivity index (χ1n) is 10.1. The molecule has 1 saturated heterocycles. The molecule has 1 amide bonds. The van der Waals surface area contributed by atoms with Gasteiger partial charge in [-0.2, -0.15) is 0 Å². The summed E-state index contributed by atoms with van der Waals surface area (Å²) in [5.41, 5.74) is 0.850. The first-order valence-corrected chi connectivity index (χ1v) is 11.0. The van der Waals surface area contributed by atoms with Crippen LogP contribution >= 0.6 is 11.3 Å². The number of esters is 1. The summed E-state index contributed by atoms with van der Waals surface area (Å²) in [5, 5.41) is 2.02. The summed E-state index contributed by atoms with van der Waals surface area (Å²) in [6.07, 6.45) is 1.77. The predicted molar refractivity (Wildman–Crippen MR) is 113 cm³/mol. The van der Waals surface area contributed by atoms with Gasteiger partial charge in [0.05, 0.1) is 33.4 Å². The molecule has 156 valence electrons. The zero-order valence-electron chi connectivity index (χ0n) is 17.1. The van der Waals surface area contributed by atoms with E-state index in [1.165, 1.54) is 0 Å². The Morgan fingerprint density at radius 2 is 2.03 bits per heavy atom. The second kappa shape index (κ2) is 10.4. The third-order valence-electron chi connectivity index (χ3n) is 5.22. The molecule has 7 heteroatoms. The average Bonchev–Trinajstić information content (AvgIpc) is 3.26. The number of carbonyl (C=O) groups is 2. The zero-order valence-corrected chi connectivity index (χ0v) is 17.9. The number of nitrogens with zero attached hydrogens (tertiary/aromatic N) is 1. The Morgan fingerprint density at radius 1 is 1.24 bits per heavy atom. The standard InChI is InChI=1S/C22H28N2O4S/c1-3-28-22(26)17-6-4-12-23(14-17)16-21(25)24(15-20-7-5-13-29-20)18-8-10-19(27-2)11-9-18/h5,7-11,13,17H,3-4,6,12,14-16H2,1-2H3/p+1/t17-/m1/s1. The highest BCUT2D eigenvalue weighted by molar-refractivity contribution is 7.09. The lowest BCUT2D eigenvalue weighted by Crippen LogP contribution is -3.14. The highest BCUT2D eigenvalue weighted by Gasteiger charge is 2.32. The fourth-order valence-electron chi connectivity index (χ4n) is 3.73. The molecular formula is C22H29N2O4S+. The molecule has 2 heterocycles. The number of methoxy groups -OCH3 is 1. The van der Waals surface area contributed by atoms with Gasteiger partial charge in [0.15, 0.2) is 6.54 Å². The summed E-state index contributed by atoms with van der Waals surface area (Å²) < 4.78 is 10.4. The largest absolute Gasteiger partial charge is 0.497 e. The number of rotatable bonds is 8. The van der Waals surface area contributed by atoms with E-state index in [-0.39, 0.29) is 17.8 Å². The normalized spacial score (nSPS) is 18.8. The van der Waals surface area contributed by atoms with Gasteiger partial charge in [0.25, 0.3) is 5.91 Å². The van der Waals surface area contributed by atoms with Gasteiger partial charge >= 0.3 is 5.97 Å². The van der Waals surface area contributed by atoms with Crippen LogP contribution in [-0.2, 0) is 20.9 Å². The van der Waals surface area contributed by atoms with E-state index in [1.54, 1.807) is 18.4 Å². The lowest BCUT2D eigenvalue weighted by molar-refractivity contribution is -0.899. The Morgan fingerprint density at radius 3 is 2.69 bits per heavy atom. The predicted octanol–water partition coefficient (Wildman–Crippen LogP) is 2.15. The number of nitrogens with one attached hydrogen (secondary N) is 1. The van der Waals surface area contributed by atoms with Crippen LogP contribution < -0.4 is 14.5 Å². The van der Waals surface area contributed by atoms with Crippen LogP contribution in [0.2, 0.25) is 0 Å². The van der Waals surface area contributed by atoms with E-state index in [0.29, 0.717) is 26.2 Å². The maximum Gasteiger partial charge on any atom is 0.314 e. The smallest absolute Gasteiger partial charge is 0.314 e. The molecule has 3 rings (SSSR count). The Labute approximate surface area is 176 Å². The molecule has 1 aliphatic rings. The van der Waals surface area contributed by atoms with Gasteiger partial charge in [0.2, 0.25) is 0 Å². The molecule has 1 aromatic heterocycles. The Kier molecular flexibility index (Phi) is 7.66. The van der Waals surface area contributed by atoms with Crippen LogP contribution in [0.4, 0.5) is 5.69 Å². The van der Waals surface area contributed by atoms with E-state index in [4.69, 9.17) is 9.47 Å². The van der Waals surface area contributed by atoms with Gasteiger partial charge in [-0.05, 0) is 55.5 Å². The molecule has 29 heavy (non-hydrogen) atoms. The molecule has 0 spiro atoms. The Hall–Kier alpha value is -2.38. The minimum atomic E-state index is -0.136. The summed E-state index contributed by atoms with van der Waals surface area (Å²) in [7, 11) is 1.63. The SMILES string of the molecule is CCOC(=O)[C@@H]1CCC[NH+](CC(=O)N(Cc2cccs2)c2ccc(OC)cc2)C1. The molecule has 0 radical (unpaired) electrons. The van der Waals surface area contributed by atoms with Crippen molar-refractivity contribution in [2.24, 2.45) is 5.92 Å². The number of likely N-dealkylation sites (tertiary alicyclic amines) is 1. The van der Waals surface area contributed by atoms with Crippen molar-refractivity contribution in [2.45, 2.75) is 26.3 Å². The van der Waals surface area contributed by atoms with Crippen LogP contribution in [0.15, 0.2) is 41.8 Å². The number of piperidine rings is 1. The summed E-state index contributed by atoms with van der Waals surface area (Å²) in [5.74, 6) is 0.570. The van der Waals surface area contributed by atoms with Gasteiger partial charge in [-0.25, -0.2) is 0 Å². The van der Waals surface area contributed by atoms with Crippen molar-refractivity contribution < 1.29 is 24.0 Å². The van der Waals surface area contributed by atoms with Gasteiger partial charge in [0.1, 0.15) is 11.7 Å². The topological polar surface area (TPSA) is 60.3 Å². The summed E-state index contributed by atoms with van der Waals surface area (Å²) in [6.45, 7) is 4.68. The van der Waals surface area contributed by atoms with Gasteiger partial charge in [-0.15, -0.1) is 11.3 Å². The molecule has 6 nitrogen and oxygen atoms in total. The molecule has 0 aliphatic carbocycles. The lowest BCUT2D eigenvalue weighted by Gasteiger charge is -2.30. The molecule has 1 fully saturated rings. The van der Waals surface area contributed by atoms with E-state index in [1.807, 2.05) is 53.6 Å². The summed E-state index contributed by atoms with van der Waals surface area (Å²) >= 11 is 1.64. The van der Waals surface area contributed by atoms with Gasteiger partial charge in [0, 0.05) is 10.6 Å². The molecule has 0 saturated carbocycles. The first-order chi connectivity index (χ1) is 14.1. The van der Waals surface area contributed by atoms with E-state index in [0.717, 1.165) is 40.6 Å². The number of carbonyl (C=O) groups excluding carboxylic acids is 2. The highest BCUT2D eigenvalue weighted by Crippen LogP contribution is 2.22. The minimum Gasteiger partial charge on any atom is -0.497 e. The third-order valence-corrected chi connectivity index (χ3v) is 6.08. The van der Waals surface area contributed by atoms with E-state index >= 15 is 0 Å². The maximum absolute atomic E-state index is 13.3. The zero-order chi connectivity index (χ0) is 20.6. The second-order valence-electron chi connectivity index (χ2n) is 7.23. The van der Waals surface area contributed by atoms with Crippen molar-refractivity contribution in [1.29, 1.82) is 0 Å². The van der Waals surface area contributed by atoms with Gasteiger partial charge < -0.3 is 19.3 Å². The van der Waals surface area contributed by atoms with Crippen molar-refractivity contribution in [3.05, 3.63) is 46.7 Å². The third kappa shape index (κ3) is 5.81. The average molecular weight is 418 g/mol. The summed E-state index contributed by atoms with van der Waals surface area (Å²) in [6, 6.07) is 11.6. The number of anilines is 1. The van der Waals surface area contributed by atoms with E-state index in [9.17, 15) is 9.59 Å². The van der Waals surface area contributed by atoms with Crippen molar-refractivity contribution in [2.75, 3.05) is 38.3 Å². The first kappa shape index (κ1) is 21.3. The van der Waals surface area contributed by atoms with Crippen molar-refractivity contribution in [3.8, 4) is 5.75 Å². The molecule has 1 N–H and O–H groups in total. The number of benzene rings is 1. The molecule has 2 atom stereocenters. The highest BCUT2D eigenvalue weighted by atomic mass is 32.1. The van der Waals surface area contributed by atoms with E-state index < -0.39 is 0 Å². The van der Waals surface area contributed by atoms with Crippen molar-refractivity contribution >= 4 is 28.9 Å². The fourth-order valence-corrected chi connectivity index (χ4v) is 4.42. The van der Waals surface area contributed by atoms with Crippen molar-refractivity contribution in [1.82, 2.24) is 0 Å². The van der Waals surface area contributed by atoms with E-state index in [2.05, 4.69) is 0 Å². The van der Waals surface area contributed by atoms with Gasteiger partial charge in [-0.1, -0.05) is 6.07 Å². The fraction of sp³-hybridized carbons (Fsp3) is 0.455. The van der Waals surface area contributed by atoms with Crippen LogP contribution in [0, 0.1) is 5.92 Å². The number of hydrogen-bond donors (Lipinski definition) is 1. The van der Waals surface area contributed by atoms with Crippen LogP contribution in [0.5, 0.6) is 5.75 Å². The maximum atomic E-state index is 13.3. The number of amides is 1. The molecule has 1 aliphatic heterocycles. The number of ether oxygens (including phenoxy) is 2. The monoisotopic (exact) mass is 417 g/mol. The molecule has 0 bridgehead atoms. The lowest BCUT2D eigenvalue weighted by atomic mass is 9.98. The Balaban J connectivity index is 1.71. The molecule has 1 aromatic carbocycles. The van der Waals surface area contributed by atoms with Crippen LogP contribution in [-0.4, -0.2) is 45.2 Å². The summed E-state index contributed by atoms with van der Waals surface area (Å²) in [4.78, 5) is 29.5. The van der Waals surface area contributed by atoms with Crippen LogP contribution in [0.3, 0.4) is 0 Å². The number of hydrogen-bond acceptors (Lipinski definition) is 5. The number of quaternary nitrogens is 1. The van der Waals surface area contributed by atoms with Gasteiger partial charge in [-0.3, -0.25) is 9.59 Å². The van der Waals surface area contributed by atoms with Crippen LogP contribution in [0.25, 0.3) is 0 Å². The minimum absolute atomic E-state index is 0.0584. The molecule has 2 aromatic rings. The second-order valence-corrected chi connectivity index (χ2v) is 8.26. The quantitative estimate of drug-likeness (QED) is 0.669. The Bertz CT molecular complexity index is 792. The number of thiophene rings is 1. The van der Waals surface area contributed by atoms with Crippen LogP contribution in [0.1, 0.15) is 24.6 Å².